The second kappa shape index (κ2) is 5.81. The molecule has 1 aliphatic heterocycles. The molecule has 0 bridgehead atoms. The highest BCUT2D eigenvalue weighted by atomic mass is 16.5. The second-order valence-electron chi connectivity index (χ2n) is 4.31. The van der Waals surface area contributed by atoms with Gasteiger partial charge in [-0.05, 0) is 18.2 Å². The Labute approximate surface area is 110 Å². The minimum atomic E-state index is -1.06. The van der Waals surface area contributed by atoms with Crippen molar-refractivity contribution in [2.75, 3.05) is 26.3 Å². The number of amides is 1. The van der Waals surface area contributed by atoms with Crippen LogP contribution in [0.25, 0.3) is 0 Å². The standard InChI is InChI=1S/C13H15NO5/c15-8-11-7-14(4-5-19-11)12(16)9-2-1-3-10(6-9)13(17)18/h1-3,6,11,15H,4-5,7-8H2,(H,17,18). The third kappa shape index (κ3) is 3.10. The minimum Gasteiger partial charge on any atom is -0.478 e. The first kappa shape index (κ1) is 13.5. The molecule has 6 heteroatoms. The van der Waals surface area contributed by atoms with E-state index >= 15 is 0 Å². The molecule has 19 heavy (non-hydrogen) atoms. The number of carbonyl (C=O) groups excluding carboxylic acids is 1. The highest BCUT2D eigenvalue weighted by Crippen LogP contribution is 2.12. The zero-order valence-electron chi connectivity index (χ0n) is 10.3. The van der Waals surface area contributed by atoms with Crippen LogP contribution in [0.15, 0.2) is 24.3 Å². The van der Waals surface area contributed by atoms with Gasteiger partial charge in [-0.15, -0.1) is 0 Å². The van der Waals surface area contributed by atoms with Crippen LogP contribution < -0.4 is 0 Å². The van der Waals surface area contributed by atoms with Crippen molar-refractivity contribution in [2.24, 2.45) is 0 Å². The third-order valence-corrected chi connectivity index (χ3v) is 2.99. The van der Waals surface area contributed by atoms with Crippen LogP contribution in [0.1, 0.15) is 20.7 Å². The summed E-state index contributed by atoms with van der Waals surface area (Å²) in [6.07, 6.45) is -0.375. The van der Waals surface area contributed by atoms with Crippen LogP contribution >= 0.6 is 0 Å². The van der Waals surface area contributed by atoms with Gasteiger partial charge >= 0.3 is 5.97 Å². The molecule has 6 nitrogen and oxygen atoms in total. The van der Waals surface area contributed by atoms with Crippen molar-refractivity contribution in [1.82, 2.24) is 4.90 Å². The normalized spacial score (nSPS) is 19.2. The Morgan fingerprint density at radius 3 is 2.79 bits per heavy atom. The number of hydrogen-bond donors (Lipinski definition) is 2. The lowest BCUT2D eigenvalue weighted by atomic mass is 10.1. The molecule has 1 heterocycles. The largest absolute Gasteiger partial charge is 0.478 e. The summed E-state index contributed by atoms with van der Waals surface area (Å²) < 4.78 is 5.27. The topological polar surface area (TPSA) is 87.1 Å². The Morgan fingerprint density at radius 1 is 1.37 bits per heavy atom. The van der Waals surface area contributed by atoms with Crippen LogP contribution in [0.4, 0.5) is 0 Å². The molecule has 0 saturated carbocycles. The van der Waals surface area contributed by atoms with Gasteiger partial charge in [0.2, 0.25) is 0 Å². The first-order valence-corrected chi connectivity index (χ1v) is 5.97. The van der Waals surface area contributed by atoms with Crippen molar-refractivity contribution in [2.45, 2.75) is 6.10 Å². The molecule has 1 amide bonds. The molecule has 1 aliphatic rings. The molecule has 1 atom stereocenters. The number of carboxylic acids is 1. The van der Waals surface area contributed by atoms with Crippen LogP contribution in [0, 0.1) is 0 Å². The zero-order valence-corrected chi connectivity index (χ0v) is 10.3. The van der Waals surface area contributed by atoms with Crippen molar-refractivity contribution in [1.29, 1.82) is 0 Å². The number of hydrogen-bond acceptors (Lipinski definition) is 4. The Morgan fingerprint density at radius 2 is 2.11 bits per heavy atom. The van der Waals surface area contributed by atoms with Crippen molar-refractivity contribution in [3.63, 3.8) is 0 Å². The van der Waals surface area contributed by atoms with E-state index in [4.69, 9.17) is 14.9 Å². The smallest absolute Gasteiger partial charge is 0.335 e. The number of nitrogens with zero attached hydrogens (tertiary/aromatic N) is 1. The monoisotopic (exact) mass is 265 g/mol. The molecule has 1 aromatic rings. The van der Waals surface area contributed by atoms with Crippen LogP contribution in [0.3, 0.4) is 0 Å². The molecule has 2 N–H and O–H groups in total. The lowest BCUT2D eigenvalue weighted by Gasteiger charge is -2.32. The van der Waals surface area contributed by atoms with Crippen molar-refractivity contribution in [3.05, 3.63) is 35.4 Å². The van der Waals surface area contributed by atoms with Gasteiger partial charge in [-0.2, -0.15) is 0 Å². The van der Waals surface area contributed by atoms with E-state index in [1.807, 2.05) is 0 Å². The fourth-order valence-corrected chi connectivity index (χ4v) is 1.98. The van der Waals surface area contributed by atoms with E-state index in [1.165, 1.54) is 12.1 Å². The Balaban J connectivity index is 2.14. The summed E-state index contributed by atoms with van der Waals surface area (Å²) in [5.74, 6) is -1.31. The molecule has 0 spiro atoms. The summed E-state index contributed by atoms with van der Waals surface area (Å²) in [5.41, 5.74) is 0.413. The number of carboxylic acid groups (broad SMARTS) is 1. The number of ether oxygens (including phenoxy) is 1. The summed E-state index contributed by atoms with van der Waals surface area (Å²) in [6.45, 7) is 0.980. The van der Waals surface area contributed by atoms with Crippen molar-refractivity contribution < 1.29 is 24.5 Å². The minimum absolute atomic E-state index is 0.0813. The molecule has 1 aromatic carbocycles. The lowest BCUT2D eigenvalue weighted by molar-refractivity contribution is -0.0447. The zero-order chi connectivity index (χ0) is 13.8. The number of morpholine rings is 1. The average Bonchev–Trinajstić information content (AvgIpc) is 2.46. The predicted octanol–water partition coefficient (Wildman–Crippen LogP) is 0.218. The number of rotatable bonds is 3. The van der Waals surface area contributed by atoms with Gasteiger partial charge < -0.3 is 19.8 Å². The van der Waals surface area contributed by atoms with Crippen LogP contribution in [0.5, 0.6) is 0 Å². The average molecular weight is 265 g/mol. The van der Waals surface area contributed by atoms with E-state index in [1.54, 1.807) is 17.0 Å². The Bertz CT molecular complexity index is 488. The van der Waals surface area contributed by atoms with E-state index in [0.29, 0.717) is 25.3 Å². The van der Waals surface area contributed by atoms with Crippen LogP contribution in [-0.4, -0.2) is 59.4 Å². The predicted molar refractivity (Wildman–Crippen MR) is 66.1 cm³/mol. The first-order valence-electron chi connectivity index (χ1n) is 5.97. The number of aliphatic hydroxyl groups is 1. The van der Waals surface area contributed by atoms with Gasteiger partial charge in [-0.3, -0.25) is 4.79 Å². The van der Waals surface area contributed by atoms with E-state index in [9.17, 15) is 9.59 Å². The SMILES string of the molecule is O=C(O)c1cccc(C(=O)N2CCOC(CO)C2)c1. The highest BCUT2D eigenvalue weighted by molar-refractivity contribution is 5.97. The van der Waals surface area contributed by atoms with Crippen LogP contribution in [0.2, 0.25) is 0 Å². The maximum absolute atomic E-state index is 12.2. The maximum Gasteiger partial charge on any atom is 0.335 e. The van der Waals surface area contributed by atoms with E-state index in [2.05, 4.69) is 0 Å². The summed E-state index contributed by atoms with van der Waals surface area (Å²) in [5, 5.41) is 17.9. The molecule has 1 fully saturated rings. The number of aromatic carboxylic acids is 1. The Kier molecular flexibility index (Phi) is 4.13. The number of benzene rings is 1. The molecule has 102 valence electrons. The maximum atomic E-state index is 12.2. The molecule has 1 saturated heterocycles. The fourth-order valence-electron chi connectivity index (χ4n) is 1.98. The summed E-state index contributed by atoms with van der Waals surface area (Å²) in [6, 6.07) is 5.92. The molecule has 0 aromatic heterocycles. The molecular weight excluding hydrogens is 250 g/mol. The fraction of sp³-hybridized carbons (Fsp3) is 0.385. The van der Waals surface area contributed by atoms with Gasteiger partial charge in [0.15, 0.2) is 0 Å². The summed E-state index contributed by atoms with van der Waals surface area (Å²) in [4.78, 5) is 24.7. The highest BCUT2D eigenvalue weighted by Gasteiger charge is 2.24. The van der Waals surface area contributed by atoms with Crippen molar-refractivity contribution >= 4 is 11.9 Å². The first-order chi connectivity index (χ1) is 9.11. The molecule has 2 rings (SSSR count). The van der Waals surface area contributed by atoms with Crippen molar-refractivity contribution in [3.8, 4) is 0 Å². The molecular formula is C13H15NO5. The summed E-state index contributed by atoms with van der Waals surface area (Å²) in [7, 11) is 0. The van der Waals surface area contributed by atoms with Gasteiger partial charge in [0.1, 0.15) is 0 Å². The van der Waals surface area contributed by atoms with Crippen LogP contribution in [-0.2, 0) is 4.74 Å². The Hall–Kier alpha value is -1.92. The third-order valence-electron chi connectivity index (χ3n) is 2.99. The summed E-state index contributed by atoms with van der Waals surface area (Å²) >= 11 is 0. The van der Waals surface area contributed by atoms with E-state index in [-0.39, 0.29) is 24.2 Å². The lowest BCUT2D eigenvalue weighted by Crippen LogP contribution is -2.46. The molecule has 0 aliphatic carbocycles. The van der Waals surface area contributed by atoms with E-state index in [0.717, 1.165) is 0 Å². The number of carbonyl (C=O) groups is 2. The quantitative estimate of drug-likeness (QED) is 0.816. The van der Waals surface area contributed by atoms with Gasteiger partial charge in [0, 0.05) is 18.7 Å². The van der Waals surface area contributed by atoms with Gasteiger partial charge in [-0.25, -0.2) is 4.79 Å². The second-order valence-corrected chi connectivity index (χ2v) is 4.31. The molecule has 0 radical (unpaired) electrons. The molecule has 1 unspecified atom stereocenters. The van der Waals surface area contributed by atoms with E-state index < -0.39 is 5.97 Å². The van der Waals surface area contributed by atoms with Gasteiger partial charge in [0.05, 0.1) is 24.9 Å². The van der Waals surface area contributed by atoms with Gasteiger partial charge in [-0.1, -0.05) is 6.07 Å². The van der Waals surface area contributed by atoms with Gasteiger partial charge in [0.25, 0.3) is 5.91 Å². The number of aliphatic hydroxyl groups excluding tert-OH is 1.